The van der Waals surface area contributed by atoms with E-state index in [2.05, 4.69) is 6.07 Å². The standard InChI is InChI=1S/C20H17N3O5S/c1-22-17-4-2-12(8-21)6-14(17)15-9-23(10-16(15)20(22)24)29(25,26)13-3-5-18-19(7-13)28-11-27-18/h2-7,15-16H,9-11H2,1H3/t15-,16-/m1/s1. The molecule has 0 bridgehead atoms. The van der Waals surface area contributed by atoms with Crippen LogP contribution in [-0.4, -0.2) is 45.6 Å². The van der Waals surface area contributed by atoms with Crippen LogP contribution in [-0.2, 0) is 14.8 Å². The Bertz CT molecular complexity index is 1190. The Morgan fingerprint density at radius 2 is 1.83 bits per heavy atom. The van der Waals surface area contributed by atoms with E-state index < -0.39 is 15.9 Å². The number of benzene rings is 2. The number of fused-ring (bicyclic) bond motifs is 4. The molecule has 148 valence electrons. The van der Waals surface area contributed by atoms with E-state index in [1.54, 1.807) is 36.2 Å². The fraction of sp³-hybridized carbons (Fsp3) is 0.300. The lowest BCUT2D eigenvalue weighted by Gasteiger charge is -2.33. The van der Waals surface area contributed by atoms with E-state index in [9.17, 15) is 18.5 Å². The molecule has 1 amide bonds. The van der Waals surface area contributed by atoms with Gasteiger partial charge in [0.25, 0.3) is 0 Å². The van der Waals surface area contributed by atoms with Gasteiger partial charge in [-0.25, -0.2) is 8.42 Å². The molecule has 0 unspecified atom stereocenters. The number of carbonyl (C=O) groups is 1. The lowest BCUT2D eigenvalue weighted by atomic mass is 9.82. The van der Waals surface area contributed by atoms with Gasteiger partial charge in [0.1, 0.15) is 0 Å². The first-order chi connectivity index (χ1) is 13.9. The summed E-state index contributed by atoms with van der Waals surface area (Å²) >= 11 is 0. The quantitative estimate of drug-likeness (QED) is 0.745. The summed E-state index contributed by atoms with van der Waals surface area (Å²) in [6, 6.07) is 11.8. The van der Waals surface area contributed by atoms with E-state index in [-0.39, 0.29) is 36.6 Å². The molecule has 0 radical (unpaired) electrons. The highest BCUT2D eigenvalue weighted by molar-refractivity contribution is 7.89. The number of hydrogen-bond acceptors (Lipinski definition) is 6. The van der Waals surface area contributed by atoms with Crippen LogP contribution in [0.2, 0.25) is 0 Å². The molecule has 1 saturated heterocycles. The number of nitrogens with zero attached hydrogens (tertiary/aromatic N) is 3. The summed E-state index contributed by atoms with van der Waals surface area (Å²) in [6.07, 6.45) is 0. The molecule has 0 N–H and O–H groups in total. The van der Waals surface area contributed by atoms with Gasteiger partial charge in [-0.1, -0.05) is 0 Å². The number of amides is 1. The van der Waals surface area contributed by atoms with Crippen LogP contribution in [0.4, 0.5) is 5.69 Å². The zero-order valence-electron chi connectivity index (χ0n) is 15.5. The lowest BCUT2D eigenvalue weighted by Crippen LogP contribution is -2.41. The van der Waals surface area contributed by atoms with Gasteiger partial charge >= 0.3 is 0 Å². The minimum atomic E-state index is -3.82. The molecule has 2 aromatic carbocycles. The minimum absolute atomic E-state index is 0.0611. The van der Waals surface area contributed by atoms with Gasteiger partial charge in [-0.3, -0.25) is 4.79 Å². The first-order valence-corrected chi connectivity index (χ1v) is 10.6. The van der Waals surface area contributed by atoms with Crippen molar-refractivity contribution in [3.63, 3.8) is 0 Å². The van der Waals surface area contributed by atoms with Crippen molar-refractivity contribution in [3.05, 3.63) is 47.5 Å². The SMILES string of the molecule is CN1C(=O)[C@@H]2CN(S(=O)(=O)c3ccc4c(c3)OCO4)C[C@@H]2c2cc(C#N)ccc21. The van der Waals surface area contributed by atoms with Gasteiger partial charge in [0.2, 0.25) is 22.7 Å². The molecule has 3 aliphatic heterocycles. The summed E-state index contributed by atoms with van der Waals surface area (Å²) in [5.41, 5.74) is 2.04. The second kappa shape index (κ2) is 6.20. The number of hydrogen-bond donors (Lipinski definition) is 0. The van der Waals surface area contributed by atoms with E-state index in [1.807, 2.05) is 0 Å². The zero-order valence-corrected chi connectivity index (χ0v) is 16.3. The van der Waals surface area contributed by atoms with E-state index in [1.165, 1.54) is 16.4 Å². The van der Waals surface area contributed by atoms with Crippen molar-refractivity contribution in [2.45, 2.75) is 10.8 Å². The van der Waals surface area contributed by atoms with Crippen molar-refractivity contribution in [2.75, 3.05) is 31.8 Å². The summed E-state index contributed by atoms with van der Waals surface area (Å²) in [4.78, 5) is 14.5. The number of anilines is 1. The summed E-state index contributed by atoms with van der Waals surface area (Å²) in [5.74, 6) is 0.0166. The molecule has 5 rings (SSSR count). The number of rotatable bonds is 2. The maximum Gasteiger partial charge on any atom is 0.243 e. The summed E-state index contributed by atoms with van der Waals surface area (Å²) in [7, 11) is -2.14. The molecule has 29 heavy (non-hydrogen) atoms. The third-order valence-corrected chi connectivity index (χ3v) is 7.66. The maximum absolute atomic E-state index is 13.3. The van der Waals surface area contributed by atoms with Gasteiger partial charge in [0.15, 0.2) is 11.5 Å². The molecule has 3 aliphatic rings. The average Bonchev–Trinajstić information content (AvgIpc) is 3.38. The van der Waals surface area contributed by atoms with Crippen LogP contribution in [0.15, 0.2) is 41.3 Å². The van der Waals surface area contributed by atoms with Crippen LogP contribution in [0.5, 0.6) is 11.5 Å². The lowest BCUT2D eigenvalue weighted by molar-refractivity contribution is -0.122. The normalized spacial score (nSPS) is 22.9. The monoisotopic (exact) mass is 411 g/mol. The Labute approximate surface area is 167 Å². The van der Waals surface area contributed by atoms with E-state index in [0.717, 1.165) is 11.3 Å². The molecule has 0 aliphatic carbocycles. The molecule has 2 atom stereocenters. The van der Waals surface area contributed by atoms with E-state index in [0.29, 0.717) is 17.1 Å². The molecule has 3 heterocycles. The van der Waals surface area contributed by atoms with Gasteiger partial charge in [-0.2, -0.15) is 9.57 Å². The number of carbonyl (C=O) groups excluding carboxylic acids is 1. The highest BCUT2D eigenvalue weighted by atomic mass is 32.2. The molecule has 0 saturated carbocycles. The number of nitriles is 1. The van der Waals surface area contributed by atoms with Crippen LogP contribution < -0.4 is 14.4 Å². The van der Waals surface area contributed by atoms with Crippen molar-refractivity contribution in [1.29, 1.82) is 5.26 Å². The van der Waals surface area contributed by atoms with Crippen molar-refractivity contribution >= 4 is 21.6 Å². The smallest absolute Gasteiger partial charge is 0.243 e. The highest BCUT2D eigenvalue weighted by Gasteiger charge is 2.48. The second-order valence-corrected chi connectivity index (χ2v) is 9.27. The summed E-state index contributed by atoms with van der Waals surface area (Å²) < 4.78 is 38.4. The van der Waals surface area contributed by atoms with Crippen LogP contribution in [0, 0.1) is 17.2 Å². The van der Waals surface area contributed by atoms with Gasteiger partial charge in [0, 0.05) is 37.8 Å². The third-order valence-electron chi connectivity index (χ3n) is 5.83. The highest BCUT2D eigenvalue weighted by Crippen LogP contribution is 2.45. The van der Waals surface area contributed by atoms with Crippen molar-refractivity contribution in [2.24, 2.45) is 5.92 Å². The van der Waals surface area contributed by atoms with Crippen molar-refractivity contribution < 1.29 is 22.7 Å². The maximum atomic E-state index is 13.3. The fourth-order valence-electron chi connectivity index (χ4n) is 4.31. The molecule has 2 aromatic rings. The Hall–Kier alpha value is -3.09. The minimum Gasteiger partial charge on any atom is -0.454 e. The number of ether oxygens (including phenoxy) is 2. The van der Waals surface area contributed by atoms with Crippen LogP contribution >= 0.6 is 0 Å². The van der Waals surface area contributed by atoms with Crippen LogP contribution in [0.1, 0.15) is 17.0 Å². The van der Waals surface area contributed by atoms with Gasteiger partial charge in [-0.05, 0) is 35.9 Å². The molecule has 0 spiro atoms. The van der Waals surface area contributed by atoms with Crippen molar-refractivity contribution in [1.82, 2.24) is 4.31 Å². The molecule has 0 aromatic heterocycles. The Kier molecular flexibility index (Phi) is 3.84. The Morgan fingerprint density at radius 3 is 2.62 bits per heavy atom. The van der Waals surface area contributed by atoms with Gasteiger partial charge in [0.05, 0.1) is 22.4 Å². The van der Waals surface area contributed by atoms with Crippen LogP contribution in [0.25, 0.3) is 0 Å². The van der Waals surface area contributed by atoms with E-state index >= 15 is 0 Å². The van der Waals surface area contributed by atoms with E-state index in [4.69, 9.17) is 9.47 Å². The largest absolute Gasteiger partial charge is 0.454 e. The molecule has 9 heteroatoms. The summed E-state index contributed by atoms with van der Waals surface area (Å²) in [6.45, 7) is 0.343. The fourth-order valence-corrected chi connectivity index (χ4v) is 5.82. The van der Waals surface area contributed by atoms with Crippen LogP contribution in [0.3, 0.4) is 0 Å². The first-order valence-electron chi connectivity index (χ1n) is 9.11. The molecular formula is C20H17N3O5S. The first kappa shape index (κ1) is 18.0. The average molecular weight is 411 g/mol. The van der Waals surface area contributed by atoms with Gasteiger partial charge in [-0.15, -0.1) is 0 Å². The molecular weight excluding hydrogens is 394 g/mol. The summed E-state index contributed by atoms with van der Waals surface area (Å²) in [5, 5.41) is 9.25. The predicted octanol–water partition coefficient (Wildman–Crippen LogP) is 1.67. The molecule has 8 nitrogen and oxygen atoms in total. The second-order valence-electron chi connectivity index (χ2n) is 7.33. The third kappa shape index (κ3) is 2.60. The zero-order chi connectivity index (χ0) is 20.3. The van der Waals surface area contributed by atoms with Gasteiger partial charge < -0.3 is 14.4 Å². The number of sulfonamides is 1. The molecule has 1 fully saturated rings. The Morgan fingerprint density at radius 1 is 1.07 bits per heavy atom. The Balaban J connectivity index is 1.52. The topological polar surface area (TPSA) is 99.9 Å². The predicted molar refractivity (Wildman–Crippen MR) is 102 cm³/mol. The van der Waals surface area contributed by atoms with Crippen molar-refractivity contribution in [3.8, 4) is 17.6 Å².